The fourth-order valence-corrected chi connectivity index (χ4v) is 3.27. The molecule has 0 unspecified atom stereocenters. The van der Waals surface area contributed by atoms with Crippen molar-refractivity contribution in [3.63, 3.8) is 0 Å². The van der Waals surface area contributed by atoms with Gasteiger partial charge in [0, 0.05) is 17.8 Å². The number of ether oxygens (including phenoxy) is 1. The molecule has 2 aromatic carbocycles. The maximum Gasteiger partial charge on any atom is 0.265 e. The molecule has 1 aromatic heterocycles. The molecule has 7 heteroatoms. The van der Waals surface area contributed by atoms with Crippen LogP contribution in [-0.2, 0) is 16.0 Å². The lowest BCUT2D eigenvalue weighted by Gasteiger charge is -2.09. The monoisotopic (exact) mass is 422 g/mol. The van der Waals surface area contributed by atoms with E-state index in [1.54, 1.807) is 49.4 Å². The van der Waals surface area contributed by atoms with Gasteiger partial charge in [-0.1, -0.05) is 18.2 Å². The molecule has 0 bridgehead atoms. The van der Waals surface area contributed by atoms with Gasteiger partial charge in [0.05, 0.1) is 4.88 Å². The molecule has 0 atom stereocenters. The Morgan fingerprint density at radius 3 is 2.17 bits per heavy atom. The van der Waals surface area contributed by atoms with Crippen molar-refractivity contribution < 1.29 is 19.1 Å². The summed E-state index contributed by atoms with van der Waals surface area (Å²) in [5, 5.41) is 7.40. The van der Waals surface area contributed by atoms with Crippen LogP contribution in [0.4, 0.5) is 11.4 Å². The lowest BCUT2D eigenvalue weighted by Crippen LogP contribution is -2.20. The molecule has 0 radical (unpaired) electrons. The van der Waals surface area contributed by atoms with Crippen molar-refractivity contribution >= 4 is 40.3 Å². The summed E-state index contributed by atoms with van der Waals surface area (Å²) in [5.41, 5.74) is 2.30. The molecule has 154 valence electrons. The summed E-state index contributed by atoms with van der Waals surface area (Å²) in [4.78, 5) is 35.8. The second-order valence-electron chi connectivity index (χ2n) is 6.69. The number of benzene rings is 2. The zero-order valence-corrected chi connectivity index (χ0v) is 17.3. The van der Waals surface area contributed by atoms with Gasteiger partial charge in [-0.3, -0.25) is 9.59 Å². The first kappa shape index (κ1) is 21.3. The average Bonchev–Trinajstić information content (AvgIpc) is 3.28. The topological polar surface area (TPSA) is 84.5 Å². The highest BCUT2D eigenvalue weighted by Gasteiger charge is 2.08. The minimum atomic E-state index is -0.286. The third kappa shape index (κ3) is 6.56. The highest BCUT2D eigenvalue weighted by molar-refractivity contribution is 7.12. The van der Waals surface area contributed by atoms with Crippen molar-refractivity contribution in [1.82, 2.24) is 0 Å². The van der Waals surface area contributed by atoms with Crippen LogP contribution in [-0.4, -0.2) is 24.2 Å². The number of carbonyl (C=O) groups is 3. The summed E-state index contributed by atoms with van der Waals surface area (Å²) < 4.78 is 5.50. The number of hydrogen-bond donors (Lipinski definition) is 2. The minimum absolute atomic E-state index is 0.121. The van der Waals surface area contributed by atoms with Gasteiger partial charge in [0.25, 0.3) is 11.8 Å². The summed E-state index contributed by atoms with van der Waals surface area (Å²) in [6.45, 7) is 1.45. The van der Waals surface area contributed by atoms with Gasteiger partial charge in [-0.2, -0.15) is 0 Å². The lowest BCUT2D eigenvalue weighted by atomic mass is 10.1. The van der Waals surface area contributed by atoms with E-state index >= 15 is 0 Å². The Kier molecular flexibility index (Phi) is 7.34. The number of Topliss-reactive ketones (excluding diaryl/α,β-unsaturated/α-hetero) is 1. The maximum absolute atomic E-state index is 12.1. The predicted molar refractivity (Wildman–Crippen MR) is 118 cm³/mol. The molecular formula is C23H22N2O4S. The number of thiophene rings is 1. The van der Waals surface area contributed by atoms with Crippen molar-refractivity contribution in [2.45, 2.75) is 19.8 Å². The maximum atomic E-state index is 12.1. The number of ketones is 1. The summed E-state index contributed by atoms with van der Waals surface area (Å²) in [6, 6.07) is 17.8. The first-order valence-electron chi connectivity index (χ1n) is 9.45. The second-order valence-corrected chi connectivity index (χ2v) is 7.64. The summed E-state index contributed by atoms with van der Waals surface area (Å²) >= 11 is 1.37. The average molecular weight is 423 g/mol. The Morgan fingerprint density at radius 2 is 1.57 bits per heavy atom. The normalized spacial score (nSPS) is 10.3. The van der Waals surface area contributed by atoms with Gasteiger partial charge in [-0.25, -0.2) is 0 Å². The number of rotatable bonds is 9. The van der Waals surface area contributed by atoms with Crippen LogP contribution in [0.5, 0.6) is 5.75 Å². The van der Waals surface area contributed by atoms with Crippen LogP contribution >= 0.6 is 11.3 Å². The molecule has 30 heavy (non-hydrogen) atoms. The number of nitrogens with one attached hydrogen (secondary N) is 2. The Bertz CT molecular complexity index is 997. The van der Waals surface area contributed by atoms with Crippen LogP contribution in [0, 0.1) is 0 Å². The molecule has 0 spiro atoms. The Balaban J connectivity index is 1.44. The quantitative estimate of drug-likeness (QED) is 0.530. The molecule has 0 fully saturated rings. The molecule has 1 heterocycles. The number of hydrogen-bond acceptors (Lipinski definition) is 5. The van der Waals surface area contributed by atoms with Crippen LogP contribution < -0.4 is 15.4 Å². The molecule has 0 aliphatic carbocycles. The predicted octanol–water partition coefficient (Wildman–Crippen LogP) is 4.54. The van der Waals surface area contributed by atoms with Gasteiger partial charge in [-0.05, 0) is 66.8 Å². The standard InChI is InChI=1S/C23H22N2O4S/c1-16(26)4-5-17-6-12-20(13-7-17)29-15-22(27)24-18-8-10-19(11-9-18)25-23(28)21-3-2-14-30-21/h2-3,6-14H,4-5,15H2,1H3,(H,24,27)(H,25,28). The third-order valence-electron chi connectivity index (χ3n) is 4.23. The van der Waals surface area contributed by atoms with E-state index in [1.165, 1.54) is 11.3 Å². The number of anilines is 2. The molecule has 0 aliphatic heterocycles. The van der Waals surface area contributed by atoms with E-state index in [2.05, 4.69) is 10.6 Å². The minimum Gasteiger partial charge on any atom is -0.484 e. The van der Waals surface area contributed by atoms with E-state index in [0.717, 1.165) is 5.56 Å². The first-order valence-corrected chi connectivity index (χ1v) is 10.3. The van der Waals surface area contributed by atoms with E-state index in [-0.39, 0.29) is 24.2 Å². The van der Waals surface area contributed by atoms with Crippen molar-refractivity contribution in [3.8, 4) is 5.75 Å². The Labute approximate surface area is 178 Å². The molecule has 0 aliphatic rings. The van der Waals surface area contributed by atoms with Crippen LogP contribution in [0.3, 0.4) is 0 Å². The van der Waals surface area contributed by atoms with E-state index in [4.69, 9.17) is 4.74 Å². The number of aryl methyl sites for hydroxylation is 1. The van der Waals surface area contributed by atoms with Gasteiger partial charge in [0.1, 0.15) is 11.5 Å². The van der Waals surface area contributed by atoms with E-state index < -0.39 is 0 Å². The van der Waals surface area contributed by atoms with Gasteiger partial charge in [-0.15, -0.1) is 11.3 Å². The summed E-state index contributed by atoms with van der Waals surface area (Å²) in [7, 11) is 0. The third-order valence-corrected chi connectivity index (χ3v) is 5.10. The van der Waals surface area contributed by atoms with Crippen molar-refractivity contribution in [2.75, 3.05) is 17.2 Å². The zero-order chi connectivity index (χ0) is 21.3. The molecule has 2 N–H and O–H groups in total. The van der Waals surface area contributed by atoms with Gasteiger partial charge in [0.15, 0.2) is 6.61 Å². The van der Waals surface area contributed by atoms with Crippen LogP contribution in [0.2, 0.25) is 0 Å². The van der Waals surface area contributed by atoms with Crippen LogP contribution in [0.25, 0.3) is 0 Å². The first-order chi connectivity index (χ1) is 14.5. The fraction of sp³-hybridized carbons (Fsp3) is 0.174. The van der Waals surface area contributed by atoms with Crippen LogP contribution in [0.1, 0.15) is 28.6 Å². The molecule has 6 nitrogen and oxygen atoms in total. The van der Waals surface area contributed by atoms with Gasteiger partial charge in [0.2, 0.25) is 0 Å². The van der Waals surface area contributed by atoms with E-state index in [9.17, 15) is 14.4 Å². The van der Waals surface area contributed by atoms with Crippen molar-refractivity contribution in [2.24, 2.45) is 0 Å². The molecule has 0 saturated heterocycles. The van der Waals surface area contributed by atoms with Gasteiger partial charge >= 0.3 is 0 Å². The molecule has 3 aromatic rings. The summed E-state index contributed by atoms with van der Waals surface area (Å²) in [5.74, 6) is 0.293. The highest BCUT2D eigenvalue weighted by Crippen LogP contribution is 2.17. The number of amides is 2. The number of carbonyl (C=O) groups excluding carboxylic acids is 3. The largest absolute Gasteiger partial charge is 0.484 e. The lowest BCUT2D eigenvalue weighted by molar-refractivity contribution is -0.118. The fourth-order valence-electron chi connectivity index (χ4n) is 2.66. The van der Waals surface area contributed by atoms with Crippen molar-refractivity contribution in [1.29, 1.82) is 0 Å². The van der Waals surface area contributed by atoms with Crippen LogP contribution in [0.15, 0.2) is 66.0 Å². The van der Waals surface area contributed by atoms with E-state index in [1.807, 2.05) is 23.6 Å². The van der Waals surface area contributed by atoms with Crippen molar-refractivity contribution in [3.05, 3.63) is 76.5 Å². The second kappa shape index (κ2) is 10.4. The smallest absolute Gasteiger partial charge is 0.265 e. The zero-order valence-electron chi connectivity index (χ0n) is 16.5. The molecule has 2 amide bonds. The highest BCUT2D eigenvalue weighted by atomic mass is 32.1. The van der Waals surface area contributed by atoms with Gasteiger partial charge < -0.3 is 20.2 Å². The molecule has 3 rings (SSSR count). The SMILES string of the molecule is CC(=O)CCc1ccc(OCC(=O)Nc2ccc(NC(=O)c3cccs3)cc2)cc1. The summed E-state index contributed by atoms with van der Waals surface area (Å²) in [6.07, 6.45) is 1.21. The Hall–Kier alpha value is -3.45. The molecular weight excluding hydrogens is 400 g/mol. The van der Waals surface area contributed by atoms with E-state index in [0.29, 0.717) is 34.8 Å². The Morgan fingerprint density at radius 1 is 0.900 bits per heavy atom. The molecule has 0 saturated carbocycles.